The molecule has 0 bridgehead atoms. The number of aromatic nitrogens is 1. The molecule has 1 aliphatic heterocycles. The Labute approximate surface area is 237 Å². The molecule has 1 fully saturated rings. The van der Waals surface area contributed by atoms with Crippen LogP contribution in [0.25, 0.3) is 0 Å². The highest BCUT2D eigenvalue weighted by molar-refractivity contribution is 8.14. The van der Waals surface area contributed by atoms with Gasteiger partial charge in [0.15, 0.2) is 10.3 Å². The molecule has 38 heavy (non-hydrogen) atoms. The SMILES string of the molecule is CCCN(CCc1ccc(CCN(CCC)[C@H]2CCC3N=C(N)SC3C2)cc1)C1CCc2nc(N)sc2C1. The van der Waals surface area contributed by atoms with Gasteiger partial charge in [0, 0.05) is 35.3 Å². The van der Waals surface area contributed by atoms with Crippen molar-refractivity contribution in [2.24, 2.45) is 10.7 Å². The van der Waals surface area contributed by atoms with Gasteiger partial charge in [-0.15, -0.1) is 11.3 Å². The highest BCUT2D eigenvalue weighted by atomic mass is 32.2. The third kappa shape index (κ3) is 6.93. The van der Waals surface area contributed by atoms with Crippen LogP contribution in [0.15, 0.2) is 29.3 Å². The fraction of sp³-hybridized carbons (Fsp3) is 0.667. The molecule has 4 N–H and O–H groups in total. The second kappa shape index (κ2) is 13.2. The van der Waals surface area contributed by atoms with E-state index in [4.69, 9.17) is 11.5 Å². The monoisotopic (exact) mass is 554 g/mol. The van der Waals surface area contributed by atoms with Crippen LogP contribution in [0.5, 0.6) is 0 Å². The van der Waals surface area contributed by atoms with E-state index >= 15 is 0 Å². The second-order valence-corrected chi connectivity index (χ2v) is 13.7. The van der Waals surface area contributed by atoms with Crippen LogP contribution in [-0.4, -0.2) is 69.5 Å². The van der Waals surface area contributed by atoms with Crippen LogP contribution >= 0.6 is 23.1 Å². The van der Waals surface area contributed by atoms with Crippen molar-refractivity contribution in [2.75, 3.05) is 31.9 Å². The molecule has 1 saturated carbocycles. The lowest BCUT2D eigenvalue weighted by Gasteiger charge is -2.38. The maximum Gasteiger partial charge on any atom is 0.180 e. The first-order valence-electron chi connectivity index (χ1n) is 14.8. The normalized spacial score (nSPS) is 25.0. The smallest absolute Gasteiger partial charge is 0.180 e. The molecule has 2 aliphatic carbocycles. The predicted octanol–water partition coefficient (Wildman–Crippen LogP) is 5.14. The maximum absolute atomic E-state index is 6.02. The number of hydrogen-bond acceptors (Lipinski definition) is 8. The molecule has 2 heterocycles. The Hall–Kier alpha value is -1.61. The van der Waals surface area contributed by atoms with E-state index in [1.54, 1.807) is 11.3 Å². The van der Waals surface area contributed by atoms with Crippen LogP contribution in [0.3, 0.4) is 0 Å². The second-order valence-electron chi connectivity index (χ2n) is 11.4. The highest BCUT2D eigenvalue weighted by Crippen LogP contribution is 2.37. The lowest BCUT2D eigenvalue weighted by molar-refractivity contribution is 0.155. The lowest BCUT2D eigenvalue weighted by atomic mass is 9.89. The highest BCUT2D eigenvalue weighted by Gasteiger charge is 2.37. The summed E-state index contributed by atoms with van der Waals surface area (Å²) in [7, 11) is 0. The van der Waals surface area contributed by atoms with Crippen LogP contribution in [0.4, 0.5) is 5.13 Å². The van der Waals surface area contributed by atoms with E-state index in [0.717, 1.165) is 49.1 Å². The number of anilines is 1. The number of thiazole rings is 1. The molecular formula is C30H46N6S2. The molecule has 4 atom stereocenters. The molecule has 1 aromatic carbocycles. The summed E-state index contributed by atoms with van der Waals surface area (Å²) >= 11 is 3.50. The number of nitrogens with zero attached hydrogens (tertiary/aromatic N) is 4. The molecule has 8 heteroatoms. The fourth-order valence-electron chi connectivity index (χ4n) is 6.68. The topological polar surface area (TPSA) is 83.8 Å². The van der Waals surface area contributed by atoms with Gasteiger partial charge in [0.25, 0.3) is 0 Å². The Bertz CT molecular complexity index is 1070. The van der Waals surface area contributed by atoms with E-state index in [2.05, 4.69) is 57.9 Å². The first-order chi connectivity index (χ1) is 18.5. The Balaban J connectivity index is 1.11. The van der Waals surface area contributed by atoms with Gasteiger partial charge in [-0.2, -0.15) is 0 Å². The summed E-state index contributed by atoms with van der Waals surface area (Å²) in [6.07, 6.45) is 11.7. The summed E-state index contributed by atoms with van der Waals surface area (Å²) in [5.74, 6) is 0. The minimum absolute atomic E-state index is 0.461. The van der Waals surface area contributed by atoms with Crippen LogP contribution < -0.4 is 11.5 Å². The van der Waals surface area contributed by atoms with Crippen molar-refractivity contribution in [3.63, 3.8) is 0 Å². The van der Waals surface area contributed by atoms with E-state index in [1.165, 1.54) is 73.3 Å². The summed E-state index contributed by atoms with van der Waals surface area (Å²) in [6, 6.07) is 11.2. The molecule has 3 aliphatic rings. The van der Waals surface area contributed by atoms with E-state index in [-0.39, 0.29) is 0 Å². The van der Waals surface area contributed by atoms with Crippen molar-refractivity contribution in [3.05, 3.63) is 46.0 Å². The third-order valence-electron chi connectivity index (χ3n) is 8.68. The molecule has 0 radical (unpaired) electrons. The van der Waals surface area contributed by atoms with Crippen LogP contribution in [0.1, 0.15) is 74.1 Å². The summed E-state index contributed by atoms with van der Waals surface area (Å²) in [6.45, 7) is 9.22. The van der Waals surface area contributed by atoms with Crippen molar-refractivity contribution in [1.82, 2.24) is 14.8 Å². The largest absolute Gasteiger partial charge is 0.379 e. The van der Waals surface area contributed by atoms with E-state index in [0.29, 0.717) is 23.4 Å². The van der Waals surface area contributed by atoms with Gasteiger partial charge in [0.05, 0.1) is 11.7 Å². The Morgan fingerprint density at radius 3 is 2.18 bits per heavy atom. The number of fused-ring (bicyclic) bond motifs is 2. The number of aryl methyl sites for hydroxylation is 1. The maximum atomic E-state index is 6.02. The quantitative estimate of drug-likeness (QED) is 0.378. The van der Waals surface area contributed by atoms with E-state index in [9.17, 15) is 0 Å². The molecule has 3 unspecified atom stereocenters. The zero-order valence-corrected chi connectivity index (χ0v) is 24.9. The number of hydrogen-bond donors (Lipinski definition) is 2. The summed E-state index contributed by atoms with van der Waals surface area (Å²) in [5.41, 5.74) is 16.2. The van der Waals surface area contributed by atoms with Crippen molar-refractivity contribution < 1.29 is 0 Å². The van der Waals surface area contributed by atoms with Gasteiger partial charge < -0.3 is 16.4 Å². The van der Waals surface area contributed by atoms with Crippen LogP contribution in [0.2, 0.25) is 0 Å². The molecule has 1 aromatic heterocycles. The van der Waals surface area contributed by atoms with Crippen LogP contribution in [0, 0.1) is 0 Å². The molecule has 208 valence electrons. The lowest BCUT2D eigenvalue weighted by Crippen LogP contribution is -2.44. The minimum Gasteiger partial charge on any atom is -0.379 e. The Morgan fingerprint density at radius 1 is 0.868 bits per heavy atom. The van der Waals surface area contributed by atoms with Gasteiger partial charge >= 0.3 is 0 Å². The van der Waals surface area contributed by atoms with E-state index < -0.39 is 0 Å². The minimum atomic E-state index is 0.461. The Morgan fingerprint density at radius 2 is 1.53 bits per heavy atom. The Kier molecular flexibility index (Phi) is 9.68. The van der Waals surface area contributed by atoms with Gasteiger partial charge in [-0.25, -0.2) is 4.98 Å². The van der Waals surface area contributed by atoms with Gasteiger partial charge in [0.2, 0.25) is 0 Å². The summed E-state index contributed by atoms with van der Waals surface area (Å²) in [5, 5.41) is 2.13. The number of rotatable bonds is 12. The van der Waals surface area contributed by atoms with Crippen LogP contribution in [-0.2, 0) is 25.7 Å². The zero-order chi connectivity index (χ0) is 26.5. The zero-order valence-electron chi connectivity index (χ0n) is 23.3. The van der Waals surface area contributed by atoms with Gasteiger partial charge in [-0.05, 0) is 88.4 Å². The first-order valence-corrected chi connectivity index (χ1v) is 16.5. The van der Waals surface area contributed by atoms with Gasteiger partial charge in [-0.1, -0.05) is 49.9 Å². The van der Waals surface area contributed by atoms with Gasteiger partial charge in [-0.3, -0.25) is 9.89 Å². The standard InChI is InChI=1S/C30H46N6S2/c1-3-15-35(23-9-11-25-27(19-23)37-29(31)33-25)17-13-21-5-7-22(8-6-21)14-18-36(16-4-2)24-10-12-26-28(20-24)38-30(32)34-26/h5-8,23-25,27H,3-4,9-20H2,1-2H3,(H2,31,33)(H2,32,34)/t23-,24?,25?,27?/m0/s1. The number of thioether (sulfide) groups is 1. The molecule has 0 saturated heterocycles. The average Bonchev–Trinajstić information content (AvgIpc) is 3.48. The number of nitrogen functional groups attached to an aromatic ring is 1. The first kappa shape index (κ1) is 27.9. The number of amidine groups is 1. The average molecular weight is 555 g/mol. The number of nitrogens with two attached hydrogens (primary N) is 2. The number of aliphatic imine (C=N–C) groups is 1. The summed E-state index contributed by atoms with van der Waals surface area (Å²) in [4.78, 5) is 16.1. The van der Waals surface area contributed by atoms with E-state index in [1.807, 2.05) is 11.8 Å². The molecule has 5 rings (SSSR count). The summed E-state index contributed by atoms with van der Waals surface area (Å²) < 4.78 is 0. The molecule has 0 amide bonds. The molecular weight excluding hydrogens is 509 g/mol. The predicted molar refractivity (Wildman–Crippen MR) is 164 cm³/mol. The van der Waals surface area contributed by atoms with Crippen molar-refractivity contribution in [1.29, 1.82) is 0 Å². The molecule has 6 nitrogen and oxygen atoms in total. The molecule has 2 aromatic rings. The van der Waals surface area contributed by atoms with Gasteiger partial charge in [0.1, 0.15) is 0 Å². The molecule has 0 spiro atoms. The van der Waals surface area contributed by atoms with Crippen molar-refractivity contribution >= 4 is 33.4 Å². The third-order valence-corrected chi connectivity index (χ3v) is 10.8. The van der Waals surface area contributed by atoms with Crippen molar-refractivity contribution in [2.45, 2.75) is 101 Å². The van der Waals surface area contributed by atoms with Crippen molar-refractivity contribution in [3.8, 4) is 0 Å². The number of benzene rings is 1. The fourth-order valence-corrected chi connectivity index (χ4v) is 8.81.